The maximum atomic E-state index is 6.02. The lowest BCUT2D eigenvalue weighted by Gasteiger charge is -2.06. The van der Waals surface area contributed by atoms with Gasteiger partial charge in [-0.3, -0.25) is 4.68 Å². The number of halogens is 1. The highest BCUT2D eigenvalue weighted by atomic mass is 35.5. The molecule has 0 aliphatic heterocycles. The third-order valence-electron chi connectivity index (χ3n) is 2.08. The van der Waals surface area contributed by atoms with E-state index in [4.69, 9.17) is 17.3 Å². The SMILES string of the molecule is CCn1nccc1-c1ncnc(N)c1Cl. The molecule has 0 bridgehead atoms. The molecule has 0 unspecified atom stereocenters. The number of anilines is 1. The van der Waals surface area contributed by atoms with Crippen LogP contribution in [0.25, 0.3) is 11.4 Å². The summed E-state index contributed by atoms with van der Waals surface area (Å²) in [5.41, 5.74) is 7.06. The molecule has 0 atom stereocenters. The average molecular weight is 224 g/mol. The van der Waals surface area contributed by atoms with Gasteiger partial charge in [0.05, 0.1) is 5.69 Å². The molecule has 2 N–H and O–H groups in total. The average Bonchev–Trinajstić information content (AvgIpc) is 2.70. The molecule has 2 rings (SSSR count). The fourth-order valence-electron chi connectivity index (χ4n) is 1.35. The van der Waals surface area contributed by atoms with E-state index in [9.17, 15) is 0 Å². The van der Waals surface area contributed by atoms with Crippen molar-refractivity contribution in [1.29, 1.82) is 0 Å². The number of hydrogen-bond acceptors (Lipinski definition) is 4. The summed E-state index contributed by atoms with van der Waals surface area (Å²) >= 11 is 6.02. The zero-order valence-corrected chi connectivity index (χ0v) is 8.94. The predicted molar refractivity (Wildman–Crippen MR) is 58.3 cm³/mol. The Morgan fingerprint density at radius 3 is 3.00 bits per heavy atom. The Morgan fingerprint density at radius 2 is 2.27 bits per heavy atom. The minimum absolute atomic E-state index is 0.283. The second kappa shape index (κ2) is 3.86. The third-order valence-corrected chi connectivity index (χ3v) is 2.45. The summed E-state index contributed by atoms with van der Waals surface area (Å²) in [7, 11) is 0. The maximum absolute atomic E-state index is 6.02. The minimum Gasteiger partial charge on any atom is -0.382 e. The number of nitrogen functional groups attached to an aromatic ring is 1. The molecule has 2 aromatic rings. The number of aryl methyl sites for hydroxylation is 1. The smallest absolute Gasteiger partial charge is 0.146 e. The normalized spacial score (nSPS) is 10.5. The number of hydrogen-bond donors (Lipinski definition) is 1. The van der Waals surface area contributed by atoms with Gasteiger partial charge in [0, 0.05) is 12.7 Å². The lowest BCUT2D eigenvalue weighted by Crippen LogP contribution is -2.02. The van der Waals surface area contributed by atoms with Crippen molar-refractivity contribution < 1.29 is 0 Å². The molecule has 0 spiro atoms. The Balaban J connectivity index is 2.59. The molecule has 0 saturated carbocycles. The van der Waals surface area contributed by atoms with Gasteiger partial charge in [-0.1, -0.05) is 11.6 Å². The van der Waals surface area contributed by atoms with Crippen LogP contribution in [0.2, 0.25) is 5.02 Å². The highest BCUT2D eigenvalue weighted by Crippen LogP contribution is 2.28. The highest BCUT2D eigenvalue weighted by Gasteiger charge is 2.12. The minimum atomic E-state index is 0.283. The number of nitrogens with two attached hydrogens (primary N) is 1. The molecule has 0 radical (unpaired) electrons. The highest BCUT2D eigenvalue weighted by molar-refractivity contribution is 6.35. The van der Waals surface area contributed by atoms with Crippen LogP contribution in [0.15, 0.2) is 18.6 Å². The molecule has 2 heterocycles. The summed E-state index contributed by atoms with van der Waals surface area (Å²) in [6, 6.07) is 1.84. The molecule has 6 heteroatoms. The zero-order chi connectivity index (χ0) is 10.8. The van der Waals surface area contributed by atoms with Crippen molar-refractivity contribution in [3.05, 3.63) is 23.6 Å². The quantitative estimate of drug-likeness (QED) is 0.840. The van der Waals surface area contributed by atoms with Crippen LogP contribution in [0.5, 0.6) is 0 Å². The number of nitrogens with zero attached hydrogens (tertiary/aromatic N) is 4. The van der Waals surface area contributed by atoms with Crippen molar-refractivity contribution >= 4 is 17.4 Å². The summed E-state index contributed by atoms with van der Waals surface area (Å²) in [4.78, 5) is 7.92. The molecule has 0 amide bonds. The van der Waals surface area contributed by atoms with Crippen LogP contribution in [0.4, 0.5) is 5.82 Å². The summed E-state index contributed by atoms with van der Waals surface area (Å²) in [5, 5.41) is 4.51. The van der Waals surface area contributed by atoms with Crippen LogP contribution in [0, 0.1) is 0 Å². The van der Waals surface area contributed by atoms with Crippen molar-refractivity contribution in [2.75, 3.05) is 5.73 Å². The van der Waals surface area contributed by atoms with Crippen molar-refractivity contribution in [3.8, 4) is 11.4 Å². The largest absolute Gasteiger partial charge is 0.382 e. The van der Waals surface area contributed by atoms with Crippen LogP contribution in [-0.4, -0.2) is 19.7 Å². The molecular weight excluding hydrogens is 214 g/mol. The van der Waals surface area contributed by atoms with E-state index in [0.29, 0.717) is 10.7 Å². The predicted octanol–water partition coefficient (Wildman–Crippen LogP) is 1.60. The van der Waals surface area contributed by atoms with Crippen LogP contribution in [0.1, 0.15) is 6.92 Å². The van der Waals surface area contributed by atoms with Gasteiger partial charge in [-0.25, -0.2) is 9.97 Å². The third kappa shape index (κ3) is 1.66. The van der Waals surface area contributed by atoms with E-state index in [2.05, 4.69) is 15.1 Å². The van der Waals surface area contributed by atoms with Gasteiger partial charge in [0.1, 0.15) is 22.9 Å². The lowest BCUT2D eigenvalue weighted by molar-refractivity contribution is 0.665. The Kier molecular flexibility index (Phi) is 2.55. The van der Waals surface area contributed by atoms with Crippen LogP contribution < -0.4 is 5.73 Å². The number of aromatic nitrogens is 4. The van der Waals surface area contributed by atoms with Crippen LogP contribution in [-0.2, 0) is 6.54 Å². The van der Waals surface area contributed by atoms with E-state index in [0.717, 1.165) is 12.2 Å². The lowest BCUT2D eigenvalue weighted by atomic mass is 10.3. The van der Waals surface area contributed by atoms with Gasteiger partial charge in [0.25, 0.3) is 0 Å². The van der Waals surface area contributed by atoms with Crippen LogP contribution >= 0.6 is 11.6 Å². The first-order valence-corrected chi connectivity index (χ1v) is 4.90. The first kappa shape index (κ1) is 9.92. The Morgan fingerprint density at radius 1 is 1.47 bits per heavy atom. The molecule has 2 aromatic heterocycles. The van der Waals surface area contributed by atoms with E-state index in [1.165, 1.54) is 6.33 Å². The second-order valence-electron chi connectivity index (χ2n) is 2.95. The molecule has 0 aliphatic carbocycles. The van der Waals surface area contributed by atoms with Crippen molar-refractivity contribution in [2.45, 2.75) is 13.5 Å². The first-order chi connectivity index (χ1) is 7.24. The van der Waals surface area contributed by atoms with Gasteiger partial charge in [-0.05, 0) is 13.0 Å². The summed E-state index contributed by atoms with van der Waals surface area (Å²) < 4.78 is 1.80. The van der Waals surface area contributed by atoms with Gasteiger partial charge >= 0.3 is 0 Å². The molecule has 78 valence electrons. The van der Waals surface area contributed by atoms with E-state index in [1.54, 1.807) is 10.9 Å². The molecule has 0 aromatic carbocycles. The zero-order valence-electron chi connectivity index (χ0n) is 8.18. The fraction of sp³-hybridized carbons (Fsp3) is 0.222. The first-order valence-electron chi connectivity index (χ1n) is 4.52. The van der Waals surface area contributed by atoms with E-state index in [1.807, 2.05) is 13.0 Å². The number of rotatable bonds is 2. The molecule has 0 fully saturated rings. The molecule has 5 nitrogen and oxygen atoms in total. The monoisotopic (exact) mass is 223 g/mol. The van der Waals surface area contributed by atoms with E-state index in [-0.39, 0.29) is 5.82 Å². The fourth-order valence-corrected chi connectivity index (χ4v) is 1.54. The molecular formula is C9H10ClN5. The summed E-state index contributed by atoms with van der Waals surface area (Å²) in [5.74, 6) is 0.283. The van der Waals surface area contributed by atoms with Crippen molar-refractivity contribution in [1.82, 2.24) is 19.7 Å². The van der Waals surface area contributed by atoms with Gasteiger partial charge in [-0.15, -0.1) is 0 Å². The van der Waals surface area contributed by atoms with Gasteiger partial charge < -0.3 is 5.73 Å². The molecule has 0 aliphatic rings. The van der Waals surface area contributed by atoms with Gasteiger partial charge in [-0.2, -0.15) is 5.10 Å². The summed E-state index contributed by atoms with van der Waals surface area (Å²) in [6.45, 7) is 2.75. The van der Waals surface area contributed by atoms with Gasteiger partial charge in [0.15, 0.2) is 0 Å². The molecule has 0 saturated heterocycles. The van der Waals surface area contributed by atoms with E-state index >= 15 is 0 Å². The Hall–Kier alpha value is -1.62. The topological polar surface area (TPSA) is 69.6 Å². The molecule has 15 heavy (non-hydrogen) atoms. The maximum Gasteiger partial charge on any atom is 0.146 e. The second-order valence-corrected chi connectivity index (χ2v) is 3.33. The van der Waals surface area contributed by atoms with Crippen molar-refractivity contribution in [3.63, 3.8) is 0 Å². The summed E-state index contributed by atoms with van der Waals surface area (Å²) in [6.07, 6.45) is 3.09. The van der Waals surface area contributed by atoms with Crippen LogP contribution in [0.3, 0.4) is 0 Å². The standard InChI is InChI=1S/C9H10ClN5/c1-2-15-6(3-4-14-15)8-7(10)9(11)13-5-12-8/h3-5H,2H2,1H3,(H2,11,12,13). The van der Waals surface area contributed by atoms with E-state index < -0.39 is 0 Å². The Bertz CT molecular complexity index is 479. The Labute approximate surface area is 91.9 Å². The van der Waals surface area contributed by atoms with Gasteiger partial charge in [0.2, 0.25) is 0 Å². The van der Waals surface area contributed by atoms with Crippen molar-refractivity contribution in [2.24, 2.45) is 0 Å².